The Morgan fingerprint density at radius 1 is 1.19 bits per heavy atom. The van der Waals surface area contributed by atoms with Crippen molar-refractivity contribution in [2.75, 3.05) is 45.8 Å². The van der Waals surface area contributed by atoms with Gasteiger partial charge in [-0.2, -0.15) is 0 Å². The number of piperazine rings is 1. The number of amides is 2. The third-order valence-corrected chi connectivity index (χ3v) is 6.82. The summed E-state index contributed by atoms with van der Waals surface area (Å²) in [6.07, 6.45) is 3.35. The molecule has 1 aliphatic heterocycles. The van der Waals surface area contributed by atoms with E-state index in [-0.39, 0.29) is 11.8 Å². The van der Waals surface area contributed by atoms with Crippen molar-refractivity contribution in [3.63, 3.8) is 0 Å². The third-order valence-electron chi connectivity index (χ3n) is 5.77. The maximum Gasteiger partial charge on any atom is 0.255 e. The molecule has 3 rings (SSSR count). The Balaban J connectivity index is 1.55. The summed E-state index contributed by atoms with van der Waals surface area (Å²) < 4.78 is 0. The lowest BCUT2D eigenvalue weighted by Crippen LogP contribution is -2.51. The molecule has 0 aromatic carbocycles. The topological polar surface area (TPSA) is 43.9 Å². The molecule has 0 radical (unpaired) electrons. The highest BCUT2D eigenvalue weighted by atomic mass is 32.1. The summed E-state index contributed by atoms with van der Waals surface area (Å²) >= 11 is 1.76. The van der Waals surface area contributed by atoms with Crippen LogP contribution in [0.3, 0.4) is 0 Å². The highest BCUT2D eigenvalue weighted by Crippen LogP contribution is 2.33. The molecular formula is C20H31N3O2S. The molecular weight excluding hydrogens is 346 g/mol. The molecule has 2 aliphatic rings. The van der Waals surface area contributed by atoms with Crippen LogP contribution in [0.15, 0.2) is 5.38 Å². The molecule has 0 N–H and O–H groups in total. The summed E-state index contributed by atoms with van der Waals surface area (Å²) in [6.45, 7) is 11.3. The molecule has 1 saturated heterocycles. The van der Waals surface area contributed by atoms with Gasteiger partial charge in [-0.05, 0) is 44.6 Å². The Labute approximate surface area is 161 Å². The Kier molecular flexibility index (Phi) is 6.35. The standard InChI is InChI=1S/C20H31N3O2S/c1-4-22(5-2)19(24)13-21-8-10-23(11-9-21)20(25)17-14-26-18-12-15(3)6-7-16(17)18/h14-15H,4-13H2,1-3H3. The molecule has 26 heavy (non-hydrogen) atoms. The number of carbonyl (C=O) groups excluding carboxylic acids is 2. The number of carbonyl (C=O) groups is 2. The van der Waals surface area contributed by atoms with Gasteiger partial charge >= 0.3 is 0 Å². The van der Waals surface area contributed by atoms with Crippen molar-refractivity contribution < 1.29 is 9.59 Å². The second kappa shape index (κ2) is 8.53. The summed E-state index contributed by atoms with van der Waals surface area (Å²) in [4.78, 5) is 32.7. The van der Waals surface area contributed by atoms with E-state index in [1.54, 1.807) is 11.3 Å². The van der Waals surface area contributed by atoms with Crippen LogP contribution in [-0.2, 0) is 17.6 Å². The van der Waals surface area contributed by atoms with E-state index in [0.29, 0.717) is 19.6 Å². The molecule has 1 unspecified atom stereocenters. The zero-order chi connectivity index (χ0) is 18.7. The van der Waals surface area contributed by atoms with Gasteiger partial charge in [-0.1, -0.05) is 6.92 Å². The number of nitrogens with zero attached hydrogens (tertiary/aromatic N) is 3. The smallest absolute Gasteiger partial charge is 0.255 e. The van der Waals surface area contributed by atoms with Crippen LogP contribution in [0.5, 0.6) is 0 Å². The first-order valence-corrected chi connectivity index (χ1v) is 10.8. The van der Waals surface area contributed by atoms with E-state index in [1.165, 1.54) is 16.9 Å². The maximum atomic E-state index is 13.0. The fraction of sp³-hybridized carbons (Fsp3) is 0.700. The van der Waals surface area contributed by atoms with Crippen LogP contribution in [0.4, 0.5) is 0 Å². The fourth-order valence-corrected chi connectivity index (χ4v) is 5.24. The van der Waals surface area contributed by atoms with Gasteiger partial charge < -0.3 is 9.80 Å². The van der Waals surface area contributed by atoms with E-state index < -0.39 is 0 Å². The van der Waals surface area contributed by atoms with Gasteiger partial charge in [0, 0.05) is 49.5 Å². The molecule has 1 aromatic rings. The van der Waals surface area contributed by atoms with Crippen LogP contribution in [0.25, 0.3) is 0 Å². The lowest BCUT2D eigenvalue weighted by molar-refractivity contribution is -0.132. The Hall–Kier alpha value is -1.40. The molecule has 6 heteroatoms. The van der Waals surface area contributed by atoms with Crippen LogP contribution in [0.2, 0.25) is 0 Å². The quantitative estimate of drug-likeness (QED) is 0.792. The monoisotopic (exact) mass is 377 g/mol. The van der Waals surface area contributed by atoms with E-state index in [0.717, 1.165) is 50.5 Å². The third kappa shape index (κ3) is 4.12. The lowest BCUT2D eigenvalue weighted by Gasteiger charge is -2.35. The van der Waals surface area contributed by atoms with Crippen molar-refractivity contribution in [1.29, 1.82) is 0 Å². The second-order valence-electron chi connectivity index (χ2n) is 7.53. The number of fused-ring (bicyclic) bond motifs is 1. The Bertz CT molecular complexity index is 645. The minimum absolute atomic E-state index is 0.187. The van der Waals surface area contributed by atoms with Crippen molar-refractivity contribution in [2.45, 2.75) is 40.0 Å². The van der Waals surface area contributed by atoms with Gasteiger partial charge in [0.1, 0.15) is 0 Å². The Morgan fingerprint density at radius 3 is 2.54 bits per heavy atom. The minimum atomic E-state index is 0.187. The predicted molar refractivity (Wildman–Crippen MR) is 106 cm³/mol. The number of hydrogen-bond acceptors (Lipinski definition) is 4. The first kappa shape index (κ1) is 19.4. The van der Waals surface area contributed by atoms with Crippen LogP contribution in [0, 0.1) is 5.92 Å². The summed E-state index contributed by atoms with van der Waals surface area (Å²) in [6, 6.07) is 0. The summed E-state index contributed by atoms with van der Waals surface area (Å²) in [7, 11) is 0. The minimum Gasteiger partial charge on any atom is -0.342 e. The highest BCUT2D eigenvalue weighted by molar-refractivity contribution is 7.10. The zero-order valence-corrected chi connectivity index (χ0v) is 17.1. The molecule has 0 saturated carbocycles. The molecule has 1 aliphatic carbocycles. The van der Waals surface area contributed by atoms with Gasteiger partial charge in [0.2, 0.25) is 5.91 Å². The normalized spacial score (nSPS) is 20.7. The molecule has 0 bridgehead atoms. The average Bonchev–Trinajstić information content (AvgIpc) is 3.05. The van der Waals surface area contributed by atoms with Crippen LogP contribution in [-0.4, -0.2) is 72.3 Å². The van der Waals surface area contributed by atoms with Crippen LogP contribution < -0.4 is 0 Å². The van der Waals surface area contributed by atoms with Crippen LogP contribution in [0.1, 0.15) is 48.0 Å². The predicted octanol–water partition coefficient (Wildman–Crippen LogP) is 2.50. The molecule has 2 heterocycles. The van der Waals surface area contributed by atoms with E-state index in [1.807, 2.05) is 23.6 Å². The molecule has 1 atom stereocenters. The van der Waals surface area contributed by atoms with Crippen molar-refractivity contribution in [2.24, 2.45) is 5.92 Å². The van der Waals surface area contributed by atoms with E-state index in [9.17, 15) is 9.59 Å². The van der Waals surface area contributed by atoms with Gasteiger partial charge in [-0.3, -0.25) is 14.5 Å². The van der Waals surface area contributed by atoms with Crippen molar-refractivity contribution >= 4 is 23.2 Å². The largest absolute Gasteiger partial charge is 0.342 e. The van der Waals surface area contributed by atoms with Gasteiger partial charge in [-0.15, -0.1) is 11.3 Å². The van der Waals surface area contributed by atoms with Crippen molar-refractivity contribution in [3.05, 3.63) is 21.4 Å². The summed E-state index contributed by atoms with van der Waals surface area (Å²) in [5, 5.41) is 2.07. The number of hydrogen-bond donors (Lipinski definition) is 0. The summed E-state index contributed by atoms with van der Waals surface area (Å²) in [5.41, 5.74) is 2.24. The number of thiophene rings is 1. The van der Waals surface area contributed by atoms with E-state index in [2.05, 4.69) is 17.2 Å². The molecule has 5 nitrogen and oxygen atoms in total. The first-order valence-electron chi connectivity index (χ1n) is 9.92. The highest BCUT2D eigenvalue weighted by Gasteiger charge is 2.28. The fourth-order valence-electron chi connectivity index (χ4n) is 4.00. The van der Waals surface area contributed by atoms with Gasteiger partial charge in [0.15, 0.2) is 0 Å². The zero-order valence-electron chi connectivity index (χ0n) is 16.3. The number of rotatable bonds is 5. The van der Waals surface area contributed by atoms with Crippen molar-refractivity contribution in [3.8, 4) is 0 Å². The molecule has 1 fully saturated rings. The Morgan fingerprint density at radius 2 is 1.88 bits per heavy atom. The number of likely N-dealkylation sites (N-methyl/N-ethyl adjacent to an activating group) is 1. The SMILES string of the molecule is CCN(CC)C(=O)CN1CCN(C(=O)c2csc3c2CCC(C)C3)CC1. The molecule has 144 valence electrons. The van der Waals surface area contributed by atoms with Gasteiger partial charge in [-0.25, -0.2) is 0 Å². The van der Waals surface area contributed by atoms with E-state index in [4.69, 9.17) is 0 Å². The average molecular weight is 378 g/mol. The van der Waals surface area contributed by atoms with Crippen molar-refractivity contribution in [1.82, 2.24) is 14.7 Å². The second-order valence-corrected chi connectivity index (χ2v) is 8.50. The van der Waals surface area contributed by atoms with Gasteiger partial charge in [0.25, 0.3) is 5.91 Å². The maximum absolute atomic E-state index is 13.0. The molecule has 0 spiro atoms. The molecule has 1 aromatic heterocycles. The molecule has 2 amide bonds. The first-order chi connectivity index (χ1) is 12.5. The lowest BCUT2D eigenvalue weighted by atomic mass is 9.88. The van der Waals surface area contributed by atoms with E-state index >= 15 is 0 Å². The summed E-state index contributed by atoms with van der Waals surface area (Å²) in [5.74, 6) is 1.11. The van der Waals surface area contributed by atoms with Gasteiger partial charge in [0.05, 0.1) is 12.1 Å². The van der Waals surface area contributed by atoms with Crippen LogP contribution >= 0.6 is 11.3 Å².